The first-order valence-electron chi connectivity index (χ1n) is 8.68. The van der Waals surface area contributed by atoms with Gasteiger partial charge in [0.2, 0.25) is 0 Å². The molecule has 1 aliphatic rings. The summed E-state index contributed by atoms with van der Waals surface area (Å²) < 4.78 is 14.4. The molecule has 27 heavy (non-hydrogen) atoms. The predicted molar refractivity (Wildman–Crippen MR) is 98.4 cm³/mol. The lowest BCUT2D eigenvalue weighted by Crippen LogP contribution is -2.55. The van der Waals surface area contributed by atoms with Crippen LogP contribution in [0.2, 0.25) is 0 Å². The molecule has 4 rings (SSSR count). The van der Waals surface area contributed by atoms with Crippen molar-refractivity contribution in [2.45, 2.75) is 13.0 Å². The third-order valence-electron chi connectivity index (χ3n) is 4.77. The van der Waals surface area contributed by atoms with Crippen LogP contribution >= 0.6 is 0 Å². The van der Waals surface area contributed by atoms with E-state index in [0.717, 1.165) is 0 Å². The molecule has 7 nitrogen and oxygen atoms in total. The molecule has 1 atom stereocenters. The van der Waals surface area contributed by atoms with Crippen molar-refractivity contribution in [2.75, 3.05) is 24.5 Å². The number of hydrogen-bond donors (Lipinski definition) is 0. The zero-order chi connectivity index (χ0) is 19.0. The van der Waals surface area contributed by atoms with E-state index in [2.05, 4.69) is 9.97 Å². The first kappa shape index (κ1) is 17.1. The van der Waals surface area contributed by atoms with Gasteiger partial charge in [-0.1, -0.05) is 6.07 Å². The zero-order valence-corrected chi connectivity index (χ0v) is 14.7. The normalized spacial score (nSPS) is 17.3. The van der Waals surface area contributed by atoms with Gasteiger partial charge in [-0.15, -0.1) is 0 Å². The second-order valence-corrected chi connectivity index (χ2v) is 6.53. The monoisotopic (exact) mass is 367 g/mol. The van der Waals surface area contributed by atoms with Gasteiger partial charge in [0, 0.05) is 38.1 Å². The van der Waals surface area contributed by atoms with Crippen molar-refractivity contribution in [3.05, 3.63) is 70.7 Å². The molecule has 1 aliphatic heterocycles. The smallest absolute Gasteiger partial charge is 0.270 e. The number of piperazine rings is 1. The highest BCUT2D eigenvalue weighted by molar-refractivity contribution is 5.94. The van der Waals surface area contributed by atoms with Gasteiger partial charge in [-0.3, -0.25) is 14.0 Å². The first-order valence-corrected chi connectivity index (χ1v) is 8.68. The van der Waals surface area contributed by atoms with E-state index >= 15 is 0 Å². The van der Waals surface area contributed by atoms with E-state index in [4.69, 9.17) is 0 Å². The van der Waals surface area contributed by atoms with E-state index in [9.17, 15) is 14.0 Å². The topological polar surface area (TPSA) is 70.8 Å². The van der Waals surface area contributed by atoms with Crippen LogP contribution in [0.5, 0.6) is 0 Å². The summed E-state index contributed by atoms with van der Waals surface area (Å²) in [5.74, 6) is -0.0438. The van der Waals surface area contributed by atoms with Gasteiger partial charge in [0.1, 0.15) is 22.8 Å². The summed E-state index contributed by atoms with van der Waals surface area (Å²) in [6.07, 6.45) is 4.13. The van der Waals surface area contributed by atoms with Crippen molar-refractivity contribution < 1.29 is 9.18 Å². The Bertz CT molecular complexity index is 1050. The van der Waals surface area contributed by atoms with Gasteiger partial charge in [-0.2, -0.15) is 0 Å². The van der Waals surface area contributed by atoms with Crippen LogP contribution in [0, 0.1) is 5.82 Å². The highest BCUT2D eigenvalue weighted by Crippen LogP contribution is 2.18. The van der Waals surface area contributed by atoms with Crippen LogP contribution in [-0.4, -0.2) is 50.9 Å². The minimum absolute atomic E-state index is 0.0545. The Labute approximate surface area is 154 Å². The Morgan fingerprint density at radius 3 is 2.74 bits per heavy atom. The largest absolute Gasteiger partial charge is 0.353 e. The Balaban J connectivity index is 1.56. The molecular weight excluding hydrogens is 349 g/mol. The quantitative estimate of drug-likeness (QED) is 0.688. The number of pyridine rings is 2. The molecule has 0 saturated carbocycles. The fraction of sp³-hybridized carbons (Fsp3) is 0.263. The van der Waals surface area contributed by atoms with Gasteiger partial charge in [0.25, 0.3) is 11.5 Å². The van der Waals surface area contributed by atoms with Crippen molar-refractivity contribution in [1.82, 2.24) is 19.3 Å². The zero-order valence-electron chi connectivity index (χ0n) is 14.7. The van der Waals surface area contributed by atoms with Gasteiger partial charge in [0.15, 0.2) is 0 Å². The van der Waals surface area contributed by atoms with Crippen LogP contribution in [0.4, 0.5) is 10.2 Å². The van der Waals surface area contributed by atoms with Gasteiger partial charge >= 0.3 is 0 Å². The maximum Gasteiger partial charge on any atom is 0.270 e. The molecule has 1 unspecified atom stereocenters. The second kappa shape index (κ2) is 6.79. The Morgan fingerprint density at radius 1 is 1.15 bits per heavy atom. The average molecular weight is 367 g/mol. The molecule has 0 spiro atoms. The van der Waals surface area contributed by atoms with Gasteiger partial charge < -0.3 is 9.80 Å². The Kier molecular flexibility index (Phi) is 4.31. The number of fused-ring (bicyclic) bond motifs is 1. The third kappa shape index (κ3) is 3.14. The molecule has 8 heteroatoms. The first-order chi connectivity index (χ1) is 13.0. The number of nitrogens with zero attached hydrogens (tertiary/aromatic N) is 5. The van der Waals surface area contributed by atoms with E-state index in [-0.39, 0.29) is 28.9 Å². The Morgan fingerprint density at radius 2 is 2.00 bits per heavy atom. The van der Waals surface area contributed by atoms with Crippen LogP contribution in [0.3, 0.4) is 0 Å². The fourth-order valence-electron chi connectivity index (χ4n) is 3.35. The summed E-state index contributed by atoms with van der Waals surface area (Å²) in [6, 6.07) is 8.09. The van der Waals surface area contributed by atoms with Crippen molar-refractivity contribution in [2.24, 2.45) is 0 Å². The maximum absolute atomic E-state index is 13.1. The van der Waals surface area contributed by atoms with E-state index in [0.29, 0.717) is 31.1 Å². The minimum Gasteiger partial charge on any atom is -0.353 e. The number of carbonyl (C=O) groups excluding carboxylic acids is 1. The second-order valence-electron chi connectivity index (χ2n) is 6.53. The van der Waals surface area contributed by atoms with Crippen molar-refractivity contribution >= 4 is 17.4 Å². The van der Waals surface area contributed by atoms with Crippen molar-refractivity contribution in [3.63, 3.8) is 0 Å². The number of amides is 1. The van der Waals surface area contributed by atoms with E-state index in [1.165, 1.54) is 22.9 Å². The number of anilines is 1. The number of aromatic nitrogens is 3. The summed E-state index contributed by atoms with van der Waals surface area (Å²) in [5.41, 5.74) is 0.179. The summed E-state index contributed by atoms with van der Waals surface area (Å²) in [6.45, 7) is 3.46. The molecule has 4 heterocycles. The maximum atomic E-state index is 13.1. The molecule has 3 aromatic rings. The van der Waals surface area contributed by atoms with Gasteiger partial charge in [0.05, 0.1) is 6.20 Å². The molecule has 0 N–H and O–H groups in total. The third-order valence-corrected chi connectivity index (χ3v) is 4.77. The van der Waals surface area contributed by atoms with Gasteiger partial charge in [-0.05, 0) is 31.2 Å². The minimum atomic E-state index is -0.384. The summed E-state index contributed by atoms with van der Waals surface area (Å²) in [5, 5.41) is 0. The van der Waals surface area contributed by atoms with Crippen LogP contribution in [0.25, 0.3) is 5.65 Å². The molecule has 0 bridgehead atoms. The fourth-order valence-corrected chi connectivity index (χ4v) is 3.35. The lowest BCUT2D eigenvalue weighted by Gasteiger charge is -2.40. The number of hydrogen-bond acceptors (Lipinski definition) is 5. The molecule has 0 aliphatic carbocycles. The molecule has 138 valence electrons. The average Bonchev–Trinajstić information content (AvgIpc) is 2.68. The molecule has 1 saturated heterocycles. The molecule has 0 aromatic carbocycles. The summed E-state index contributed by atoms with van der Waals surface area (Å²) >= 11 is 0. The number of carbonyl (C=O) groups is 1. The highest BCUT2D eigenvalue weighted by Gasteiger charge is 2.30. The Hall–Kier alpha value is -3.29. The summed E-state index contributed by atoms with van der Waals surface area (Å²) in [4.78, 5) is 37.6. The number of halogens is 1. The van der Waals surface area contributed by atoms with E-state index < -0.39 is 0 Å². The highest BCUT2D eigenvalue weighted by atomic mass is 19.1. The SMILES string of the molecule is CC1CN(c2ccc(F)cn2)CCN1C(=O)c1cnc2ccccn2c1=O. The molecule has 1 amide bonds. The molecule has 3 aromatic heterocycles. The standard InChI is InChI=1S/C19H18FN5O2/c1-13-12-23(16-6-5-14(20)10-21-16)8-9-24(13)18(26)15-11-22-17-4-2-3-7-25(17)19(15)27/h2-7,10-11,13H,8-9,12H2,1H3. The number of rotatable bonds is 2. The van der Waals surface area contributed by atoms with E-state index in [1.54, 1.807) is 35.4 Å². The molecule has 1 fully saturated rings. The molecular formula is C19H18FN5O2. The van der Waals surface area contributed by atoms with Crippen molar-refractivity contribution in [3.8, 4) is 0 Å². The van der Waals surface area contributed by atoms with E-state index in [1.807, 2.05) is 11.8 Å². The van der Waals surface area contributed by atoms with Crippen LogP contribution in [0.1, 0.15) is 17.3 Å². The van der Waals surface area contributed by atoms with Gasteiger partial charge in [-0.25, -0.2) is 14.4 Å². The lowest BCUT2D eigenvalue weighted by molar-refractivity contribution is 0.0671. The van der Waals surface area contributed by atoms with Crippen LogP contribution in [-0.2, 0) is 0 Å². The molecule has 0 radical (unpaired) electrons. The predicted octanol–water partition coefficient (Wildman–Crippen LogP) is 1.58. The summed E-state index contributed by atoms with van der Waals surface area (Å²) in [7, 11) is 0. The lowest BCUT2D eigenvalue weighted by atomic mass is 10.1. The van der Waals surface area contributed by atoms with Crippen molar-refractivity contribution in [1.29, 1.82) is 0 Å². The van der Waals surface area contributed by atoms with Crippen LogP contribution < -0.4 is 10.5 Å². The van der Waals surface area contributed by atoms with Crippen LogP contribution in [0.15, 0.2) is 53.7 Å².